The van der Waals surface area contributed by atoms with Gasteiger partial charge in [0, 0.05) is 37.7 Å². The smallest absolute Gasteiger partial charge is 0.321 e. The van der Waals surface area contributed by atoms with Crippen LogP contribution in [0.15, 0.2) is 48.5 Å². The van der Waals surface area contributed by atoms with Gasteiger partial charge in [0.1, 0.15) is 0 Å². The van der Waals surface area contributed by atoms with Gasteiger partial charge in [-0.3, -0.25) is 4.90 Å². The highest BCUT2D eigenvalue weighted by Gasteiger charge is 2.21. The summed E-state index contributed by atoms with van der Waals surface area (Å²) in [7, 11) is 0. The summed E-state index contributed by atoms with van der Waals surface area (Å²) in [5.41, 5.74) is 1.89. The van der Waals surface area contributed by atoms with Gasteiger partial charge in [0.15, 0.2) is 0 Å². The molecule has 3 rings (SSSR count). The van der Waals surface area contributed by atoms with Crippen LogP contribution < -0.4 is 5.32 Å². The number of amides is 2. The van der Waals surface area contributed by atoms with Crippen molar-refractivity contribution < 1.29 is 4.79 Å². The molecule has 2 amide bonds. The van der Waals surface area contributed by atoms with Crippen LogP contribution in [0.1, 0.15) is 5.56 Å². The molecule has 6 heteroatoms. The van der Waals surface area contributed by atoms with E-state index in [9.17, 15) is 4.79 Å². The molecule has 2 aromatic carbocycles. The summed E-state index contributed by atoms with van der Waals surface area (Å²) in [5, 5.41) is 3.88. The van der Waals surface area contributed by atoms with Gasteiger partial charge in [-0.15, -0.1) is 0 Å². The van der Waals surface area contributed by atoms with E-state index < -0.39 is 0 Å². The first-order valence-electron chi connectivity index (χ1n) is 8.39. The average Bonchev–Trinajstić information content (AvgIpc) is 2.64. The van der Waals surface area contributed by atoms with Crippen LogP contribution in [0.4, 0.5) is 10.5 Å². The Morgan fingerprint density at radius 2 is 1.72 bits per heavy atom. The second-order valence-corrected chi connectivity index (χ2v) is 6.96. The standard InChI is InChI=1S/C19H21Cl2N3O/c20-16-6-7-17(21)18(14-16)22-19(25)24-12-10-23(11-13-24)9-8-15-4-2-1-3-5-15/h1-7,14H,8-13H2,(H,22,25). The van der Waals surface area contributed by atoms with Crippen molar-refractivity contribution in [3.05, 3.63) is 64.1 Å². The van der Waals surface area contributed by atoms with E-state index in [0.717, 1.165) is 26.1 Å². The maximum atomic E-state index is 12.4. The molecule has 0 aromatic heterocycles. The minimum atomic E-state index is -0.133. The normalized spacial score (nSPS) is 15.2. The summed E-state index contributed by atoms with van der Waals surface area (Å²) in [6, 6.07) is 15.4. The summed E-state index contributed by atoms with van der Waals surface area (Å²) < 4.78 is 0. The van der Waals surface area contributed by atoms with Crippen molar-refractivity contribution >= 4 is 34.9 Å². The summed E-state index contributed by atoms with van der Waals surface area (Å²) in [6.07, 6.45) is 1.03. The van der Waals surface area contributed by atoms with Crippen LogP contribution in [0.5, 0.6) is 0 Å². The number of halogens is 2. The molecule has 1 N–H and O–H groups in total. The van der Waals surface area contributed by atoms with Crippen molar-refractivity contribution in [1.29, 1.82) is 0 Å². The van der Waals surface area contributed by atoms with Gasteiger partial charge >= 0.3 is 6.03 Å². The monoisotopic (exact) mass is 377 g/mol. The molecule has 1 saturated heterocycles. The van der Waals surface area contributed by atoms with Crippen molar-refractivity contribution in [2.24, 2.45) is 0 Å². The topological polar surface area (TPSA) is 35.6 Å². The molecule has 2 aromatic rings. The van der Waals surface area contributed by atoms with Gasteiger partial charge in [-0.2, -0.15) is 0 Å². The molecule has 1 aliphatic heterocycles. The van der Waals surface area contributed by atoms with E-state index in [0.29, 0.717) is 28.8 Å². The van der Waals surface area contributed by atoms with Crippen LogP contribution in [0.25, 0.3) is 0 Å². The molecule has 1 aliphatic rings. The third-order valence-corrected chi connectivity index (χ3v) is 4.95. The van der Waals surface area contributed by atoms with Crippen LogP contribution in [0.3, 0.4) is 0 Å². The number of nitrogens with one attached hydrogen (secondary N) is 1. The van der Waals surface area contributed by atoms with Gasteiger partial charge in [0.05, 0.1) is 10.7 Å². The third-order valence-electron chi connectivity index (χ3n) is 4.39. The number of urea groups is 1. The molecule has 0 radical (unpaired) electrons. The molecule has 0 bridgehead atoms. The van der Waals surface area contributed by atoms with E-state index in [1.54, 1.807) is 18.2 Å². The number of hydrogen-bond donors (Lipinski definition) is 1. The molecule has 25 heavy (non-hydrogen) atoms. The van der Waals surface area contributed by atoms with Gasteiger partial charge in [0.2, 0.25) is 0 Å². The van der Waals surface area contributed by atoms with Gasteiger partial charge in [-0.25, -0.2) is 4.79 Å². The molecule has 0 spiro atoms. The van der Waals surface area contributed by atoms with Crippen molar-refractivity contribution in [3.8, 4) is 0 Å². The lowest BCUT2D eigenvalue weighted by molar-refractivity contribution is 0.148. The summed E-state index contributed by atoms with van der Waals surface area (Å²) in [5.74, 6) is 0. The Labute approximate surface area is 158 Å². The van der Waals surface area contributed by atoms with Crippen LogP contribution in [0, 0.1) is 0 Å². The quantitative estimate of drug-likeness (QED) is 0.857. The SMILES string of the molecule is O=C(Nc1cc(Cl)ccc1Cl)N1CCN(CCc2ccccc2)CC1. The lowest BCUT2D eigenvalue weighted by Gasteiger charge is -2.34. The number of anilines is 1. The Balaban J connectivity index is 1.47. The second-order valence-electron chi connectivity index (χ2n) is 6.12. The molecular formula is C19H21Cl2N3O. The Kier molecular flexibility index (Phi) is 6.19. The molecule has 0 saturated carbocycles. The lowest BCUT2D eigenvalue weighted by Crippen LogP contribution is -2.50. The van der Waals surface area contributed by atoms with Crippen LogP contribution in [-0.4, -0.2) is 48.6 Å². The predicted octanol–water partition coefficient (Wildman–Crippen LogP) is 4.39. The molecule has 4 nitrogen and oxygen atoms in total. The Bertz CT molecular complexity index is 716. The van der Waals surface area contributed by atoms with E-state index in [2.05, 4.69) is 34.5 Å². The van der Waals surface area contributed by atoms with E-state index in [1.807, 2.05) is 11.0 Å². The maximum absolute atomic E-state index is 12.4. The maximum Gasteiger partial charge on any atom is 0.321 e. The Morgan fingerprint density at radius 3 is 2.44 bits per heavy atom. The largest absolute Gasteiger partial charge is 0.322 e. The van der Waals surface area contributed by atoms with Gasteiger partial charge in [-0.05, 0) is 30.2 Å². The van der Waals surface area contributed by atoms with Gasteiger partial charge < -0.3 is 10.2 Å². The zero-order valence-corrected chi connectivity index (χ0v) is 15.4. The fraction of sp³-hybridized carbons (Fsp3) is 0.316. The number of piperazine rings is 1. The van der Waals surface area contributed by atoms with Gasteiger partial charge in [0.25, 0.3) is 0 Å². The summed E-state index contributed by atoms with van der Waals surface area (Å²) >= 11 is 12.1. The average molecular weight is 378 g/mol. The number of rotatable bonds is 4. The Morgan fingerprint density at radius 1 is 1.00 bits per heavy atom. The first kappa shape index (κ1) is 18.1. The Hall–Kier alpha value is -1.75. The van der Waals surface area contributed by atoms with Crippen molar-refractivity contribution in [2.75, 3.05) is 38.0 Å². The number of benzene rings is 2. The third kappa shape index (κ3) is 5.11. The number of carbonyl (C=O) groups excluding carboxylic acids is 1. The zero-order valence-electron chi connectivity index (χ0n) is 13.9. The van der Waals surface area contributed by atoms with E-state index in [1.165, 1.54) is 5.56 Å². The summed E-state index contributed by atoms with van der Waals surface area (Å²) in [6.45, 7) is 4.18. The van der Waals surface area contributed by atoms with Crippen molar-refractivity contribution in [3.63, 3.8) is 0 Å². The molecule has 1 fully saturated rings. The highest BCUT2D eigenvalue weighted by atomic mass is 35.5. The molecule has 0 aliphatic carbocycles. The minimum Gasteiger partial charge on any atom is -0.322 e. The fourth-order valence-corrected chi connectivity index (χ4v) is 3.23. The van der Waals surface area contributed by atoms with Gasteiger partial charge in [-0.1, -0.05) is 53.5 Å². The first-order valence-corrected chi connectivity index (χ1v) is 9.15. The molecule has 0 atom stereocenters. The molecule has 0 unspecified atom stereocenters. The highest BCUT2D eigenvalue weighted by Crippen LogP contribution is 2.25. The molecule has 1 heterocycles. The molecule has 132 valence electrons. The fourth-order valence-electron chi connectivity index (χ4n) is 2.89. The number of hydrogen-bond acceptors (Lipinski definition) is 2. The predicted molar refractivity (Wildman–Crippen MR) is 104 cm³/mol. The lowest BCUT2D eigenvalue weighted by atomic mass is 10.1. The first-order chi connectivity index (χ1) is 12.1. The van der Waals surface area contributed by atoms with E-state index in [4.69, 9.17) is 23.2 Å². The summed E-state index contributed by atoms with van der Waals surface area (Å²) in [4.78, 5) is 16.6. The minimum absolute atomic E-state index is 0.133. The van der Waals surface area contributed by atoms with Crippen LogP contribution >= 0.6 is 23.2 Å². The van der Waals surface area contributed by atoms with Crippen molar-refractivity contribution in [2.45, 2.75) is 6.42 Å². The molecular weight excluding hydrogens is 357 g/mol. The second kappa shape index (κ2) is 8.56. The number of carbonyl (C=O) groups is 1. The van der Waals surface area contributed by atoms with Crippen LogP contribution in [0.2, 0.25) is 10.0 Å². The van der Waals surface area contributed by atoms with E-state index in [-0.39, 0.29) is 6.03 Å². The zero-order chi connectivity index (χ0) is 17.6. The van der Waals surface area contributed by atoms with E-state index >= 15 is 0 Å². The van der Waals surface area contributed by atoms with Crippen molar-refractivity contribution in [1.82, 2.24) is 9.80 Å². The number of nitrogens with zero attached hydrogens (tertiary/aromatic N) is 2. The highest BCUT2D eigenvalue weighted by molar-refractivity contribution is 6.35. The van der Waals surface area contributed by atoms with Crippen LogP contribution in [-0.2, 0) is 6.42 Å².